The van der Waals surface area contributed by atoms with Gasteiger partial charge in [0.2, 0.25) is 5.91 Å². The fourth-order valence-corrected chi connectivity index (χ4v) is 3.32. The van der Waals surface area contributed by atoms with Gasteiger partial charge in [0.05, 0.1) is 20.2 Å². The molecule has 0 fully saturated rings. The standard InChI is InChI=1S/C24H34N2O4/c1-5-6-15-25(20(3)24(28)29-4)18-23(27)26(17-22-13-12-19(2)30-22)16-14-21-10-8-7-9-11-21/h7-13,20H,5-6,14-18H2,1-4H3/t20-/m1/s1. The molecule has 30 heavy (non-hydrogen) atoms. The average molecular weight is 415 g/mol. The Balaban J connectivity index is 2.12. The maximum atomic E-state index is 13.3. The molecular formula is C24H34N2O4. The second-order valence-corrected chi connectivity index (χ2v) is 7.59. The lowest BCUT2D eigenvalue weighted by Gasteiger charge is -2.30. The summed E-state index contributed by atoms with van der Waals surface area (Å²) in [5, 5.41) is 0. The summed E-state index contributed by atoms with van der Waals surface area (Å²) in [5.74, 6) is 1.24. The van der Waals surface area contributed by atoms with E-state index in [1.165, 1.54) is 12.7 Å². The highest BCUT2D eigenvalue weighted by Crippen LogP contribution is 2.13. The number of hydrogen-bond acceptors (Lipinski definition) is 5. The molecule has 0 aliphatic rings. The number of nitrogens with zero attached hydrogens (tertiary/aromatic N) is 2. The molecule has 0 saturated carbocycles. The minimum atomic E-state index is -0.465. The molecule has 1 aromatic heterocycles. The number of hydrogen-bond donors (Lipinski definition) is 0. The molecule has 6 nitrogen and oxygen atoms in total. The molecule has 1 aromatic carbocycles. The SMILES string of the molecule is CCCCN(CC(=O)N(CCc1ccccc1)Cc1ccc(C)o1)[C@H](C)C(=O)OC. The van der Waals surface area contributed by atoms with E-state index in [1.807, 2.05) is 47.1 Å². The van der Waals surface area contributed by atoms with Gasteiger partial charge in [0, 0.05) is 6.54 Å². The highest BCUT2D eigenvalue weighted by atomic mass is 16.5. The molecule has 6 heteroatoms. The van der Waals surface area contributed by atoms with Crippen LogP contribution in [-0.4, -0.2) is 54.5 Å². The summed E-state index contributed by atoms with van der Waals surface area (Å²) < 4.78 is 10.6. The summed E-state index contributed by atoms with van der Waals surface area (Å²) in [6, 6.07) is 13.5. The second kappa shape index (κ2) is 12.2. The number of aryl methyl sites for hydroxylation is 1. The van der Waals surface area contributed by atoms with E-state index >= 15 is 0 Å². The van der Waals surface area contributed by atoms with Crippen molar-refractivity contribution in [2.45, 2.75) is 52.6 Å². The number of ether oxygens (including phenoxy) is 1. The van der Waals surface area contributed by atoms with Gasteiger partial charge in [0.25, 0.3) is 0 Å². The van der Waals surface area contributed by atoms with Gasteiger partial charge in [-0.15, -0.1) is 0 Å². The first-order valence-electron chi connectivity index (χ1n) is 10.6. The van der Waals surface area contributed by atoms with Gasteiger partial charge in [-0.05, 0) is 50.9 Å². The van der Waals surface area contributed by atoms with Gasteiger partial charge < -0.3 is 14.1 Å². The van der Waals surface area contributed by atoms with Crippen LogP contribution in [0.1, 0.15) is 43.8 Å². The Morgan fingerprint density at radius 1 is 1.10 bits per heavy atom. The zero-order valence-corrected chi connectivity index (χ0v) is 18.6. The van der Waals surface area contributed by atoms with Crippen LogP contribution < -0.4 is 0 Å². The Labute approximate surface area is 179 Å². The van der Waals surface area contributed by atoms with Crippen molar-refractivity contribution in [3.63, 3.8) is 0 Å². The van der Waals surface area contributed by atoms with E-state index in [-0.39, 0.29) is 18.4 Å². The molecule has 0 aliphatic heterocycles. The fraction of sp³-hybridized carbons (Fsp3) is 0.500. The molecule has 164 valence electrons. The van der Waals surface area contributed by atoms with E-state index in [1.54, 1.807) is 6.92 Å². The largest absolute Gasteiger partial charge is 0.468 e. The molecule has 0 unspecified atom stereocenters. The molecule has 0 aliphatic carbocycles. The minimum absolute atomic E-state index is 0.0214. The van der Waals surface area contributed by atoms with Gasteiger partial charge in [-0.3, -0.25) is 14.5 Å². The summed E-state index contributed by atoms with van der Waals surface area (Å²) in [5.41, 5.74) is 1.18. The first-order chi connectivity index (χ1) is 14.4. The van der Waals surface area contributed by atoms with Gasteiger partial charge in [0.15, 0.2) is 0 Å². The predicted octanol–water partition coefficient (Wildman–Crippen LogP) is 3.82. The lowest BCUT2D eigenvalue weighted by Crippen LogP contribution is -2.47. The molecule has 0 saturated heterocycles. The fourth-order valence-electron chi connectivity index (χ4n) is 3.32. The van der Waals surface area contributed by atoms with Crippen LogP contribution in [0.3, 0.4) is 0 Å². The molecule has 1 heterocycles. The normalized spacial score (nSPS) is 12.0. The van der Waals surface area contributed by atoms with Gasteiger partial charge in [-0.1, -0.05) is 43.7 Å². The third kappa shape index (κ3) is 7.34. The molecule has 2 rings (SSSR count). The first-order valence-corrected chi connectivity index (χ1v) is 10.6. The summed E-state index contributed by atoms with van der Waals surface area (Å²) in [6.45, 7) is 7.61. The zero-order valence-electron chi connectivity index (χ0n) is 18.6. The van der Waals surface area contributed by atoms with Crippen LogP contribution in [0.25, 0.3) is 0 Å². The first kappa shape index (κ1) is 23.7. The van der Waals surface area contributed by atoms with E-state index in [0.717, 1.165) is 30.8 Å². The second-order valence-electron chi connectivity index (χ2n) is 7.59. The van der Waals surface area contributed by atoms with E-state index in [0.29, 0.717) is 19.6 Å². The van der Waals surface area contributed by atoms with Crippen LogP contribution in [0.5, 0.6) is 0 Å². The van der Waals surface area contributed by atoms with Gasteiger partial charge >= 0.3 is 5.97 Å². The van der Waals surface area contributed by atoms with E-state index in [2.05, 4.69) is 19.1 Å². The number of amides is 1. The average Bonchev–Trinajstić information content (AvgIpc) is 3.18. The molecule has 0 bridgehead atoms. The number of carbonyl (C=O) groups excluding carboxylic acids is 2. The summed E-state index contributed by atoms with van der Waals surface area (Å²) in [6.07, 6.45) is 2.66. The van der Waals surface area contributed by atoms with Crippen LogP contribution in [0, 0.1) is 6.92 Å². The number of methoxy groups -OCH3 is 1. The van der Waals surface area contributed by atoms with E-state index in [9.17, 15) is 9.59 Å². The third-order valence-corrected chi connectivity index (χ3v) is 5.24. The molecule has 2 aromatic rings. The number of carbonyl (C=O) groups is 2. The van der Waals surface area contributed by atoms with Crippen molar-refractivity contribution in [2.24, 2.45) is 0 Å². The summed E-state index contributed by atoms with van der Waals surface area (Å²) in [4.78, 5) is 29.0. The van der Waals surface area contributed by atoms with Crippen LogP contribution >= 0.6 is 0 Å². The zero-order chi connectivity index (χ0) is 21.9. The Hall–Kier alpha value is -2.60. The quantitative estimate of drug-likeness (QED) is 0.494. The van der Waals surface area contributed by atoms with Crippen molar-refractivity contribution in [3.05, 3.63) is 59.5 Å². The van der Waals surface area contributed by atoms with Crippen molar-refractivity contribution < 1.29 is 18.7 Å². The molecule has 0 spiro atoms. The molecule has 0 N–H and O–H groups in total. The third-order valence-electron chi connectivity index (χ3n) is 5.24. The maximum Gasteiger partial charge on any atom is 0.322 e. The Morgan fingerprint density at radius 3 is 2.43 bits per heavy atom. The number of rotatable bonds is 12. The van der Waals surface area contributed by atoms with Crippen LogP contribution in [0.15, 0.2) is 46.9 Å². The molecule has 1 amide bonds. The van der Waals surface area contributed by atoms with Crippen molar-refractivity contribution in [3.8, 4) is 0 Å². The van der Waals surface area contributed by atoms with E-state index in [4.69, 9.17) is 9.15 Å². The Bertz CT molecular complexity index is 788. The highest BCUT2D eigenvalue weighted by Gasteiger charge is 2.26. The van der Waals surface area contributed by atoms with Crippen LogP contribution in [0.4, 0.5) is 0 Å². The Kier molecular flexibility index (Phi) is 9.61. The maximum absolute atomic E-state index is 13.3. The van der Waals surface area contributed by atoms with E-state index < -0.39 is 6.04 Å². The smallest absolute Gasteiger partial charge is 0.322 e. The van der Waals surface area contributed by atoms with Gasteiger partial charge in [-0.2, -0.15) is 0 Å². The minimum Gasteiger partial charge on any atom is -0.468 e. The van der Waals surface area contributed by atoms with Gasteiger partial charge in [-0.25, -0.2) is 0 Å². The van der Waals surface area contributed by atoms with Crippen molar-refractivity contribution in [1.29, 1.82) is 0 Å². The predicted molar refractivity (Wildman–Crippen MR) is 117 cm³/mol. The topological polar surface area (TPSA) is 63.0 Å². The van der Waals surface area contributed by atoms with Crippen LogP contribution in [0.2, 0.25) is 0 Å². The number of esters is 1. The number of unbranched alkanes of at least 4 members (excludes halogenated alkanes) is 1. The molecule has 0 radical (unpaired) electrons. The van der Waals surface area contributed by atoms with Crippen molar-refractivity contribution >= 4 is 11.9 Å². The number of benzene rings is 1. The monoisotopic (exact) mass is 414 g/mol. The Morgan fingerprint density at radius 2 is 1.83 bits per heavy atom. The van der Waals surface area contributed by atoms with Gasteiger partial charge in [0.1, 0.15) is 17.6 Å². The van der Waals surface area contributed by atoms with Crippen molar-refractivity contribution in [1.82, 2.24) is 9.80 Å². The molecule has 1 atom stereocenters. The van der Waals surface area contributed by atoms with Crippen molar-refractivity contribution in [2.75, 3.05) is 26.7 Å². The van der Waals surface area contributed by atoms with Crippen LogP contribution in [-0.2, 0) is 27.3 Å². The summed E-state index contributed by atoms with van der Waals surface area (Å²) >= 11 is 0. The number of furan rings is 1. The lowest BCUT2D eigenvalue weighted by atomic mass is 10.1. The highest BCUT2D eigenvalue weighted by molar-refractivity contribution is 5.80. The lowest BCUT2D eigenvalue weighted by molar-refractivity contribution is -0.147. The molecular weight excluding hydrogens is 380 g/mol. The summed E-state index contributed by atoms with van der Waals surface area (Å²) in [7, 11) is 1.38.